The Morgan fingerprint density at radius 3 is 2.67 bits per heavy atom. The minimum Gasteiger partial charge on any atom is -0.493 e. The van der Waals surface area contributed by atoms with Gasteiger partial charge in [0.05, 0.1) is 25.7 Å². The topological polar surface area (TPSA) is 133 Å². The number of ether oxygens (including phenoxy) is 2. The Morgan fingerprint density at radius 1 is 1.07 bits per heavy atom. The second-order valence-corrected chi connectivity index (χ2v) is 12.3. The van der Waals surface area contributed by atoms with Gasteiger partial charge >= 0.3 is 16.3 Å². The van der Waals surface area contributed by atoms with Crippen molar-refractivity contribution in [3.05, 3.63) is 75.8 Å². The molecular weight excluding hydrogens is 560 g/mol. The summed E-state index contributed by atoms with van der Waals surface area (Å²) in [5.74, 6) is -0.294. The number of benzene rings is 3. The van der Waals surface area contributed by atoms with Crippen LogP contribution in [0.5, 0.6) is 17.2 Å². The molecule has 0 aliphatic carbocycles. The van der Waals surface area contributed by atoms with Crippen LogP contribution in [0.3, 0.4) is 0 Å². The molecule has 4 aromatic rings. The number of aryl methyl sites for hydroxylation is 3. The van der Waals surface area contributed by atoms with Crippen LogP contribution in [0.4, 0.5) is 0 Å². The van der Waals surface area contributed by atoms with E-state index in [0.29, 0.717) is 30.2 Å². The van der Waals surface area contributed by atoms with Crippen molar-refractivity contribution in [2.24, 2.45) is 0 Å². The van der Waals surface area contributed by atoms with E-state index in [9.17, 15) is 18.3 Å². The highest BCUT2D eigenvalue weighted by molar-refractivity contribution is 7.84. The van der Waals surface area contributed by atoms with E-state index in [1.807, 2.05) is 48.9 Å². The number of aromatic nitrogens is 3. The molecule has 42 heavy (non-hydrogen) atoms. The molecule has 3 aliphatic rings. The second kappa shape index (κ2) is 10.9. The Kier molecular flexibility index (Phi) is 7.27. The molecule has 3 aliphatic heterocycles. The fraction of sp³-hybridized carbons (Fsp3) is 0.367. The maximum Gasteiger partial charge on any atom is 0.385 e. The van der Waals surface area contributed by atoms with Crippen molar-refractivity contribution in [2.45, 2.75) is 58.7 Å². The first-order valence-electron chi connectivity index (χ1n) is 13.8. The maximum absolute atomic E-state index is 13.2. The fourth-order valence-electron chi connectivity index (χ4n) is 5.75. The number of rotatable bonds is 3. The van der Waals surface area contributed by atoms with E-state index in [4.69, 9.17) is 13.7 Å². The highest BCUT2D eigenvalue weighted by Gasteiger charge is 2.33. The average molecular weight is 593 g/mol. The molecule has 0 amide bonds. The molecule has 0 radical (unpaired) electrons. The lowest BCUT2D eigenvalue weighted by Crippen LogP contribution is -2.37. The van der Waals surface area contributed by atoms with Gasteiger partial charge in [-0.2, -0.15) is 12.7 Å². The minimum absolute atomic E-state index is 0.0514. The zero-order valence-electron chi connectivity index (χ0n) is 23.7. The Balaban J connectivity index is 1.48. The normalized spacial score (nSPS) is 19.8. The first kappa shape index (κ1) is 28.0. The fourth-order valence-corrected chi connectivity index (χ4v) is 6.83. The van der Waals surface area contributed by atoms with Gasteiger partial charge in [-0.15, -0.1) is 5.10 Å². The standard InChI is InChI=1S/C30H32N4O7S/c1-18-6-7-20-12-21(18)16-33-17-22-13-28(27(39-3)15-26(22)41-42(33,37)38)40-11-5-4-10-34-25-9-8-23(24(20)14-29(35)36)19(2)30(25)31-32-34/h6-9,12-13,15,24H,4-5,10-11,14,16-17H2,1-3H3,(H,35,36). The molecule has 9 bridgehead atoms. The summed E-state index contributed by atoms with van der Waals surface area (Å²) >= 11 is 0. The van der Waals surface area contributed by atoms with Crippen LogP contribution < -0.4 is 13.7 Å². The van der Waals surface area contributed by atoms with Crippen LogP contribution in [0.1, 0.15) is 58.6 Å². The molecule has 0 fully saturated rings. The Hall–Kier alpha value is -4.16. The number of aliphatic carboxylic acids is 1. The minimum atomic E-state index is -4.11. The van der Waals surface area contributed by atoms with Gasteiger partial charge in [0.1, 0.15) is 5.52 Å². The number of carboxylic acids is 1. The summed E-state index contributed by atoms with van der Waals surface area (Å²) in [6.45, 7) is 5.05. The molecule has 11 nitrogen and oxygen atoms in total. The summed E-state index contributed by atoms with van der Waals surface area (Å²) in [6, 6.07) is 12.9. The number of carboxylic acid groups (broad SMARTS) is 1. The molecule has 4 heterocycles. The monoisotopic (exact) mass is 592 g/mol. The first-order chi connectivity index (χ1) is 20.1. The molecule has 2 unspecified atom stereocenters. The summed E-state index contributed by atoms with van der Waals surface area (Å²) in [4.78, 5) is 12.0. The zero-order valence-corrected chi connectivity index (χ0v) is 24.5. The molecule has 3 aromatic carbocycles. The van der Waals surface area contributed by atoms with Crippen LogP contribution in [-0.4, -0.2) is 52.5 Å². The Morgan fingerprint density at radius 2 is 1.88 bits per heavy atom. The van der Waals surface area contributed by atoms with Gasteiger partial charge in [0.25, 0.3) is 0 Å². The molecule has 12 heteroatoms. The van der Waals surface area contributed by atoms with Crippen molar-refractivity contribution in [2.75, 3.05) is 13.7 Å². The van der Waals surface area contributed by atoms with Crippen LogP contribution in [0, 0.1) is 13.8 Å². The number of methoxy groups -OCH3 is 1. The van der Waals surface area contributed by atoms with E-state index in [-0.39, 0.29) is 25.3 Å². The molecule has 0 saturated carbocycles. The molecular formula is C30H32N4O7S. The maximum atomic E-state index is 13.2. The van der Waals surface area contributed by atoms with E-state index in [1.165, 1.54) is 11.4 Å². The van der Waals surface area contributed by atoms with Gasteiger partial charge in [-0.1, -0.05) is 29.5 Å². The first-order valence-corrected chi connectivity index (χ1v) is 15.2. The van der Waals surface area contributed by atoms with Gasteiger partial charge in [0, 0.05) is 37.2 Å². The van der Waals surface area contributed by atoms with Crippen LogP contribution in [0.25, 0.3) is 11.0 Å². The van der Waals surface area contributed by atoms with E-state index >= 15 is 0 Å². The molecule has 220 valence electrons. The van der Waals surface area contributed by atoms with Crippen LogP contribution in [0.15, 0.2) is 42.5 Å². The molecule has 1 aromatic heterocycles. The second-order valence-electron chi connectivity index (χ2n) is 10.8. The number of hydrogen-bond acceptors (Lipinski definition) is 8. The number of carbonyl (C=O) groups is 1. The van der Waals surface area contributed by atoms with Crippen LogP contribution in [-0.2, 0) is 34.7 Å². The predicted octanol–water partition coefficient (Wildman–Crippen LogP) is 4.48. The van der Waals surface area contributed by atoms with Crippen molar-refractivity contribution >= 4 is 27.3 Å². The molecule has 7 rings (SSSR count). The van der Waals surface area contributed by atoms with E-state index in [2.05, 4.69) is 10.3 Å². The number of nitrogens with zero attached hydrogens (tertiary/aromatic N) is 4. The lowest BCUT2D eigenvalue weighted by Gasteiger charge is -2.29. The lowest BCUT2D eigenvalue weighted by atomic mass is 9.84. The third-order valence-electron chi connectivity index (χ3n) is 8.09. The van der Waals surface area contributed by atoms with Crippen molar-refractivity contribution in [3.8, 4) is 17.2 Å². The highest BCUT2D eigenvalue weighted by atomic mass is 32.2. The quantitative estimate of drug-likeness (QED) is 0.366. The summed E-state index contributed by atoms with van der Waals surface area (Å²) in [7, 11) is -2.61. The molecule has 1 N–H and O–H groups in total. The Bertz CT molecular complexity index is 1800. The third kappa shape index (κ3) is 5.16. The van der Waals surface area contributed by atoms with E-state index in [1.54, 1.807) is 12.1 Å². The third-order valence-corrected chi connectivity index (χ3v) is 9.37. The summed E-state index contributed by atoms with van der Waals surface area (Å²) in [5.41, 5.74) is 6.40. The van der Waals surface area contributed by atoms with Gasteiger partial charge in [-0.3, -0.25) is 4.79 Å². The van der Waals surface area contributed by atoms with Crippen molar-refractivity contribution < 1.29 is 32.0 Å². The highest BCUT2D eigenvalue weighted by Crippen LogP contribution is 2.40. The van der Waals surface area contributed by atoms with Gasteiger partial charge in [0.2, 0.25) is 0 Å². The van der Waals surface area contributed by atoms with Crippen molar-refractivity contribution in [3.63, 3.8) is 0 Å². The van der Waals surface area contributed by atoms with Gasteiger partial charge in [-0.25, -0.2) is 4.68 Å². The van der Waals surface area contributed by atoms with Gasteiger partial charge in [-0.05, 0) is 66.6 Å². The SMILES string of the molecule is COc1cc2c3cc1OCCCCn1nnc4c(C)c(ccc41)C(CC(=O)O)c1ccc(C)c(c1)CN(C3)S(=O)(=O)O2. The smallest absolute Gasteiger partial charge is 0.385 e. The molecule has 2 atom stereocenters. The largest absolute Gasteiger partial charge is 0.493 e. The van der Waals surface area contributed by atoms with E-state index < -0.39 is 22.2 Å². The molecule has 0 spiro atoms. The van der Waals surface area contributed by atoms with Gasteiger partial charge < -0.3 is 18.8 Å². The molecule has 0 saturated heterocycles. The summed E-state index contributed by atoms with van der Waals surface area (Å²) in [5, 5.41) is 18.7. The van der Waals surface area contributed by atoms with Crippen molar-refractivity contribution in [1.82, 2.24) is 19.3 Å². The van der Waals surface area contributed by atoms with Gasteiger partial charge in [0.15, 0.2) is 17.2 Å². The zero-order chi connectivity index (χ0) is 29.6. The van der Waals surface area contributed by atoms with Crippen LogP contribution in [0.2, 0.25) is 0 Å². The predicted molar refractivity (Wildman–Crippen MR) is 154 cm³/mol. The Labute approximate surface area is 243 Å². The summed E-state index contributed by atoms with van der Waals surface area (Å²) in [6.07, 6.45) is 1.39. The lowest BCUT2D eigenvalue weighted by molar-refractivity contribution is -0.137. The number of fused-ring (bicyclic) bond motifs is 5. The van der Waals surface area contributed by atoms with Crippen LogP contribution >= 0.6 is 0 Å². The average Bonchev–Trinajstić information content (AvgIpc) is 3.36. The summed E-state index contributed by atoms with van der Waals surface area (Å²) < 4.78 is 46.6. The van der Waals surface area contributed by atoms with Crippen molar-refractivity contribution in [1.29, 1.82) is 0 Å². The number of hydrogen-bond donors (Lipinski definition) is 1. The van der Waals surface area contributed by atoms with E-state index in [0.717, 1.165) is 51.7 Å².